The molecule has 1 heterocycles. The molecule has 0 fully saturated rings. The molecule has 0 aromatic carbocycles. The van der Waals surface area contributed by atoms with Crippen LogP contribution in [-0.2, 0) is 4.74 Å². The molecule has 0 saturated carbocycles. The number of nitrogens with one attached hydrogen (secondary N) is 1. The van der Waals surface area contributed by atoms with Crippen LogP contribution in [-0.4, -0.2) is 6.40 Å². The van der Waals surface area contributed by atoms with Crippen LogP contribution >= 0.6 is 0 Å². The summed E-state index contributed by atoms with van der Waals surface area (Å²) >= 11 is 0. The van der Waals surface area contributed by atoms with Crippen molar-refractivity contribution in [1.82, 2.24) is 5.43 Å². The third kappa shape index (κ3) is 0.289. The average Bonchev–Trinajstić information content (AvgIpc) is 1.76. The highest BCUT2D eigenvalue weighted by Gasteiger charge is 1.83. The molecule has 5 heavy (non-hydrogen) atoms. The van der Waals surface area contributed by atoms with Crippen LogP contribution in [0.5, 0.6) is 0 Å². The van der Waals surface area contributed by atoms with E-state index in [0.29, 0.717) is 0 Å². The molecular weight excluding hydrogens is 68.0 g/mol. The molecule has 0 bridgehead atoms. The maximum atomic E-state index is 4.42. The van der Waals surface area contributed by atoms with Crippen molar-refractivity contribution in [1.29, 1.82) is 0 Å². The molecule has 3 nitrogen and oxygen atoms in total. The van der Waals surface area contributed by atoms with Gasteiger partial charge >= 0.3 is 0 Å². The van der Waals surface area contributed by atoms with Gasteiger partial charge in [-0.1, -0.05) is 0 Å². The van der Waals surface area contributed by atoms with Crippen molar-refractivity contribution < 1.29 is 4.74 Å². The highest BCUT2D eigenvalue weighted by Crippen LogP contribution is 1.76. The fourth-order valence-electron chi connectivity index (χ4n) is 0.152. The smallest absolute Gasteiger partial charge is 0.243 e. The summed E-state index contributed by atoms with van der Waals surface area (Å²) in [5.74, 6) is 0. The summed E-state index contributed by atoms with van der Waals surface area (Å²) in [4.78, 5) is 0. The van der Waals surface area contributed by atoms with E-state index in [1.165, 1.54) is 13.1 Å². The summed E-state index contributed by atoms with van der Waals surface area (Å²) in [6.45, 7) is 1.39. The van der Waals surface area contributed by atoms with Crippen molar-refractivity contribution in [3.63, 3.8) is 0 Å². The van der Waals surface area contributed by atoms with E-state index >= 15 is 0 Å². The monoisotopic (exact) mass is 71.0 g/mol. The Hall–Kier alpha value is -0.730. The number of hydrogen-bond donors (Lipinski definition) is 1. The van der Waals surface area contributed by atoms with E-state index in [1.807, 2.05) is 0 Å². The third-order valence-corrected chi connectivity index (χ3v) is 0.309. The minimum atomic E-state index is 1.32. The van der Waals surface area contributed by atoms with E-state index in [2.05, 4.69) is 15.3 Å². The van der Waals surface area contributed by atoms with E-state index in [0.717, 1.165) is 0 Å². The number of hydrazone groups is 1. The van der Waals surface area contributed by atoms with E-state index in [-0.39, 0.29) is 0 Å². The Morgan fingerprint density at radius 2 is 2.80 bits per heavy atom. The van der Waals surface area contributed by atoms with Gasteiger partial charge in [-0.3, -0.25) is 5.43 Å². The van der Waals surface area contributed by atoms with Gasteiger partial charge in [0.2, 0.25) is 6.73 Å². The zero-order valence-corrected chi connectivity index (χ0v) is 2.51. The Morgan fingerprint density at radius 1 is 1.80 bits per heavy atom. The van der Waals surface area contributed by atoms with Crippen molar-refractivity contribution in [3.8, 4) is 0 Å². The molecule has 1 radical (unpaired) electrons. The molecule has 1 N–H and O–H groups in total. The summed E-state index contributed by atoms with van der Waals surface area (Å²) in [7, 11) is 0. The van der Waals surface area contributed by atoms with Crippen LogP contribution in [0.2, 0.25) is 0 Å². The molecule has 0 saturated heterocycles. The van der Waals surface area contributed by atoms with E-state index in [4.69, 9.17) is 0 Å². The fourth-order valence-corrected chi connectivity index (χ4v) is 0.152. The van der Waals surface area contributed by atoms with Crippen LogP contribution in [0.4, 0.5) is 0 Å². The van der Waals surface area contributed by atoms with Gasteiger partial charge in [-0.2, -0.15) is 0 Å². The van der Waals surface area contributed by atoms with Gasteiger partial charge in [0.25, 0.3) is 0 Å². The summed E-state index contributed by atoms with van der Waals surface area (Å²) in [5.41, 5.74) is 2.44. The molecule has 0 aromatic rings. The van der Waals surface area contributed by atoms with Crippen LogP contribution < -0.4 is 5.43 Å². The topological polar surface area (TPSA) is 33.6 Å². The number of rotatable bonds is 0. The molecule has 0 aromatic heterocycles. The van der Waals surface area contributed by atoms with Gasteiger partial charge in [-0.15, -0.1) is 5.10 Å². The Morgan fingerprint density at radius 3 is 3.00 bits per heavy atom. The van der Waals surface area contributed by atoms with Gasteiger partial charge in [0.15, 0.2) is 6.40 Å². The third-order valence-electron chi connectivity index (χ3n) is 0.309. The van der Waals surface area contributed by atoms with Crippen molar-refractivity contribution in [3.05, 3.63) is 6.73 Å². The first kappa shape index (κ1) is 2.50. The average molecular weight is 71.1 g/mol. The second kappa shape index (κ2) is 0.924. The normalized spacial score (nSPS) is 17.6. The molecular formula is C2H3N2O. The number of ether oxygens (including phenoxy) is 1. The lowest BCUT2D eigenvalue weighted by Gasteiger charge is -1.76. The lowest BCUT2D eigenvalue weighted by Crippen LogP contribution is -1.89. The van der Waals surface area contributed by atoms with Crippen LogP contribution in [0.25, 0.3) is 0 Å². The second-order valence-corrected chi connectivity index (χ2v) is 0.618. The van der Waals surface area contributed by atoms with Gasteiger partial charge in [0.1, 0.15) is 0 Å². The Kier molecular flexibility index (Phi) is 0.463. The highest BCUT2D eigenvalue weighted by atomic mass is 16.5. The number of nitrogens with zero attached hydrogens (tertiary/aromatic N) is 1. The van der Waals surface area contributed by atoms with Gasteiger partial charge in [0, 0.05) is 0 Å². The number of hydrogen-bond acceptors (Lipinski definition) is 3. The van der Waals surface area contributed by atoms with Crippen LogP contribution in [0.1, 0.15) is 0 Å². The molecule has 1 aliphatic heterocycles. The Bertz CT molecular complexity index is 45.6. The molecule has 0 unspecified atom stereocenters. The summed E-state index contributed by atoms with van der Waals surface area (Å²) < 4.78 is 4.42. The minimum Gasteiger partial charge on any atom is -0.451 e. The van der Waals surface area contributed by atoms with E-state index < -0.39 is 0 Å². The molecule has 0 aliphatic carbocycles. The quantitative estimate of drug-likeness (QED) is 0.424. The zero-order chi connectivity index (χ0) is 3.54. The maximum absolute atomic E-state index is 4.42. The van der Waals surface area contributed by atoms with Gasteiger partial charge in [0.05, 0.1) is 0 Å². The Labute approximate surface area is 29.6 Å². The van der Waals surface area contributed by atoms with E-state index in [1.54, 1.807) is 0 Å². The summed E-state index contributed by atoms with van der Waals surface area (Å²) in [6.07, 6.45) is 1.32. The first-order chi connectivity index (χ1) is 2.50. The standard InChI is InChI=1S/C2H3N2O/c1-3-4-2-5-1/h1-3H. The first-order valence-electron chi connectivity index (χ1n) is 1.24. The van der Waals surface area contributed by atoms with Crippen LogP contribution in [0, 0.1) is 6.73 Å². The van der Waals surface area contributed by atoms with Gasteiger partial charge in [-0.05, 0) is 0 Å². The molecule has 1 aliphatic rings. The van der Waals surface area contributed by atoms with Crippen LogP contribution in [0.15, 0.2) is 5.10 Å². The Balaban J connectivity index is 2.32. The van der Waals surface area contributed by atoms with Gasteiger partial charge < -0.3 is 4.74 Å². The molecule has 0 spiro atoms. The molecule has 0 amide bonds. The van der Waals surface area contributed by atoms with Crippen molar-refractivity contribution in [2.45, 2.75) is 0 Å². The summed E-state index contributed by atoms with van der Waals surface area (Å²) in [5, 5.41) is 3.43. The molecule has 0 atom stereocenters. The lowest BCUT2D eigenvalue weighted by atomic mass is 11.3. The molecule has 27 valence electrons. The van der Waals surface area contributed by atoms with Crippen molar-refractivity contribution in [2.75, 3.05) is 0 Å². The fraction of sp³-hybridized carbons (Fsp3) is 0. The highest BCUT2D eigenvalue weighted by molar-refractivity contribution is 5.47. The predicted molar refractivity (Wildman–Crippen MR) is 17.0 cm³/mol. The maximum Gasteiger partial charge on any atom is 0.243 e. The van der Waals surface area contributed by atoms with Crippen LogP contribution in [0.3, 0.4) is 0 Å². The van der Waals surface area contributed by atoms with Crippen molar-refractivity contribution in [2.24, 2.45) is 5.10 Å². The lowest BCUT2D eigenvalue weighted by molar-refractivity contribution is 0.417. The van der Waals surface area contributed by atoms with Crippen molar-refractivity contribution >= 4 is 6.40 Å². The van der Waals surface area contributed by atoms with Gasteiger partial charge in [-0.25, -0.2) is 0 Å². The predicted octanol–water partition coefficient (Wildman–Crippen LogP) is -0.331. The SMILES string of the molecule is [CH]1NN=CO1. The van der Waals surface area contributed by atoms with E-state index in [9.17, 15) is 0 Å². The minimum absolute atomic E-state index is 1.32. The summed E-state index contributed by atoms with van der Waals surface area (Å²) in [6, 6.07) is 0. The largest absolute Gasteiger partial charge is 0.451 e. The molecule has 3 heteroatoms. The molecule has 1 rings (SSSR count). The zero-order valence-electron chi connectivity index (χ0n) is 2.51. The second-order valence-electron chi connectivity index (χ2n) is 0.618. The first-order valence-corrected chi connectivity index (χ1v) is 1.24.